The zero-order valence-electron chi connectivity index (χ0n) is 13.2. The highest BCUT2D eigenvalue weighted by atomic mass is 16.5. The highest BCUT2D eigenvalue weighted by molar-refractivity contribution is 5.67. The summed E-state index contributed by atoms with van der Waals surface area (Å²) in [7, 11) is 0. The first-order valence-corrected chi connectivity index (χ1v) is 8.51. The van der Waals surface area contributed by atoms with Crippen LogP contribution in [0.4, 0.5) is 4.79 Å². The average molecular weight is 298 g/mol. The number of nitrogens with zero attached hydrogens (tertiary/aromatic N) is 1. The lowest BCUT2D eigenvalue weighted by molar-refractivity contribution is 0.0645. The first-order valence-electron chi connectivity index (χ1n) is 8.51. The fourth-order valence-electron chi connectivity index (χ4n) is 3.82. The topological polar surface area (TPSA) is 61.8 Å². The minimum absolute atomic E-state index is 0.149. The Balaban J connectivity index is 1.92. The van der Waals surface area contributed by atoms with Crippen LogP contribution in [0.25, 0.3) is 0 Å². The first kappa shape index (κ1) is 16.6. The molecule has 2 aliphatic rings. The molecule has 1 aliphatic carbocycles. The second kappa shape index (κ2) is 8.59. The zero-order valence-corrected chi connectivity index (χ0v) is 13.2. The van der Waals surface area contributed by atoms with Crippen molar-refractivity contribution < 1.29 is 14.6 Å². The Bertz CT molecular complexity index is 319. The smallest absolute Gasteiger partial charge is 0.407 e. The molecule has 2 fully saturated rings. The van der Waals surface area contributed by atoms with Crippen molar-refractivity contribution in [2.45, 2.75) is 64.0 Å². The molecule has 0 bridgehead atoms. The Morgan fingerprint density at radius 3 is 2.71 bits per heavy atom. The van der Waals surface area contributed by atoms with E-state index >= 15 is 0 Å². The monoisotopic (exact) mass is 298 g/mol. The van der Waals surface area contributed by atoms with E-state index in [1.165, 1.54) is 32.1 Å². The number of nitrogens with one attached hydrogen (secondary N) is 1. The molecule has 0 aromatic heterocycles. The largest absolute Gasteiger partial charge is 0.450 e. The maximum atomic E-state index is 11.7. The molecular formula is C16H30N2O3. The molecule has 2 N–H and O–H groups in total. The van der Waals surface area contributed by atoms with Gasteiger partial charge in [0.1, 0.15) is 0 Å². The fraction of sp³-hybridized carbons (Fsp3) is 0.938. The van der Waals surface area contributed by atoms with Crippen LogP contribution in [0, 0.1) is 5.92 Å². The van der Waals surface area contributed by atoms with Crippen molar-refractivity contribution in [2.75, 3.05) is 26.3 Å². The van der Waals surface area contributed by atoms with Crippen molar-refractivity contribution in [3.63, 3.8) is 0 Å². The number of alkyl carbamates (subject to hydrolysis) is 1. The van der Waals surface area contributed by atoms with Gasteiger partial charge < -0.3 is 15.2 Å². The molecule has 0 radical (unpaired) electrons. The Morgan fingerprint density at radius 1 is 1.29 bits per heavy atom. The van der Waals surface area contributed by atoms with Crippen LogP contribution in [0.5, 0.6) is 0 Å². The van der Waals surface area contributed by atoms with Gasteiger partial charge in [0.2, 0.25) is 0 Å². The number of ether oxygens (including phenoxy) is 1. The molecule has 5 heteroatoms. The lowest BCUT2D eigenvalue weighted by Gasteiger charge is -2.43. The van der Waals surface area contributed by atoms with Crippen molar-refractivity contribution in [3.05, 3.63) is 0 Å². The van der Waals surface area contributed by atoms with Gasteiger partial charge in [-0.15, -0.1) is 0 Å². The van der Waals surface area contributed by atoms with Crippen LogP contribution in [0.3, 0.4) is 0 Å². The van der Waals surface area contributed by atoms with Crippen LogP contribution in [-0.2, 0) is 4.74 Å². The summed E-state index contributed by atoms with van der Waals surface area (Å²) in [5, 5.41) is 12.2. The third kappa shape index (κ3) is 5.15. The minimum Gasteiger partial charge on any atom is -0.450 e. The summed E-state index contributed by atoms with van der Waals surface area (Å²) in [6.45, 7) is 4.45. The molecule has 1 saturated heterocycles. The summed E-state index contributed by atoms with van der Waals surface area (Å²) in [5.41, 5.74) is 0. The van der Waals surface area contributed by atoms with E-state index in [2.05, 4.69) is 10.2 Å². The molecule has 2 atom stereocenters. The second-order valence-electron chi connectivity index (χ2n) is 6.42. The summed E-state index contributed by atoms with van der Waals surface area (Å²) >= 11 is 0. The van der Waals surface area contributed by atoms with Crippen LogP contribution in [-0.4, -0.2) is 54.5 Å². The summed E-state index contributed by atoms with van der Waals surface area (Å²) in [4.78, 5) is 14.2. The maximum Gasteiger partial charge on any atom is 0.407 e. The van der Waals surface area contributed by atoms with E-state index in [0.29, 0.717) is 18.6 Å². The number of hydrogen-bond donors (Lipinski definition) is 2. The van der Waals surface area contributed by atoms with Crippen LogP contribution in [0.1, 0.15) is 51.9 Å². The summed E-state index contributed by atoms with van der Waals surface area (Å²) in [6, 6.07) is 0.808. The van der Waals surface area contributed by atoms with Crippen molar-refractivity contribution in [3.8, 4) is 0 Å². The van der Waals surface area contributed by atoms with Crippen molar-refractivity contribution in [1.82, 2.24) is 10.2 Å². The van der Waals surface area contributed by atoms with Crippen LogP contribution in [0.2, 0.25) is 0 Å². The highest BCUT2D eigenvalue weighted by Gasteiger charge is 2.32. The summed E-state index contributed by atoms with van der Waals surface area (Å²) in [6.07, 6.45) is 8.01. The number of amides is 1. The van der Waals surface area contributed by atoms with Crippen molar-refractivity contribution in [2.24, 2.45) is 5.92 Å². The number of aliphatic hydroxyl groups excluding tert-OH is 1. The van der Waals surface area contributed by atoms with E-state index in [1.54, 1.807) is 0 Å². The molecule has 1 amide bonds. The number of carbonyl (C=O) groups excluding carboxylic acids is 1. The van der Waals surface area contributed by atoms with Crippen molar-refractivity contribution in [1.29, 1.82) is 0 Å². The molecule has 21 heavy (non-hydrogen) atoms. The third-order valence-electron chi connectivity index (χ3n) is 4.79. The lowest BCUT2D eigenvalue weighted by atomic mass is 9.87. The number of aliphatic hydroxyl groups is 1. The predicted octanol–water partition coefficient (Wildman–Crippen LogP) is 2.14. The van der Waals surface area contributed by atoms with E-state index in [4.69, 9.17) is 4.74 Å². The summed E-state index contributed by atoms with van der Waals surface area (Å²) in [5.74, 6) is 0.470. The fourth-order valence-corrected chi connectivity index (χ4v) is 3.82. The van der Waals surface area contributed by atoms with Crippen LogP contribution in [0.15, 0.2) is 0 Å². The molecule has 5 nitrogen and oxygen atoms in total. The quantitative estimate of drug-likeness (QED) is 0.816. The number of likely N-dealkylation sites (tertiary alicyclic amines) is 1. The molecule has 2 rings (SSSR count). The van der Waals surface area contributed by atoms with Gasteiger partial charge in [-0.2, -0.15) is 0 Å². The second-order valence-corrected chi connectivity index (χ2v) is 6.42. The maximum absolute atomic E-state index is 11.7. The molecule has 1 saturated carbocycles. The molecule has 1 aliphatic heterocycles. The minimum atomic E-state index is -0.309. The number of rotatable bonds is 5. The normalized spacial score (nSPS) is 28.3. The first-order chi connectivity index (χ1) is 10.2. The molecule has 0 aromatic carbocycles. The Hall–Kier alpha value is -0.810. The average Bonchev–Trinajstić information content (AvgIpc) is 2.48. The molecule has 0 spiro atoms. The van der Waals surface area contributed by atoms with Gasteiger partial charge in [0, 0.05) is 31.8 Å². The molecular weight excluding hydrogens is 268 g/mol. The van der Waals surface area contributed by atoms with Crippen LogP contribution >= 0.6 is 0 Å². The molecule has 122 valence electrons. The van der Waals surface area contributed by atoms with E-state index in [-0.39, 0.29) is 18.7 Å². The van der Waals surface area contributed by atoms with Gasteiger partial charge in [0.05, 0.1) is 6.61 Å². The third-order valence-corrected chi connectivity index (χ3v) is 4.79. The lowest BCUT2D eigenvalue weighted by Crippen LogP contribution is -2.54. The predicted molar refractivity (Wildman–Crippen MR) is 82.2 cm³/mol. The Labute approximate surface area is 128 Å². The number of piperidine rings is 1. The van der Waals surface area contributed by atoms with Gasteiger partial charge in [-0.05, 0) is 38.5 Å². The van der Waals surface area contributed by atoms with Gasteiger partial charge in [0.25, 0.3) is 0 Å². The van der Waals surface area contributed by atoms with Gasteiger partial charge in [-0.25, -0.2) is 4.79 Å². The van der Waals surface area contributed by atoms with Crippen molar-refractivity contribution >= 4 is 6.09 Å². The van der Waals surface area contributed by atoms with Gasteiger partial charge >= 0.3 is 6.09 Å². The van der Waals surface area contributed by atoms with E-state index in [1.807, 2.05) is 6.92 Å². The highest BCUT2D eigenvalue weighted by Crippen LogP contribution is 2.28. The standard InChI is InChI=1S/C16H30N2O3/c1-2-21-16(20)17-14-10-13(8-9-19)11-18(12-14)15-6-4-3-5-7-15/h13-15,19H,2-12H2,1H3,(H,17,20). The van der Waals surface area contributed by atoms with Gasteiger partial charge in [-0.3, -0.25) is 4.90 Å². The Morgan fingerprint density at radius 2 is 2.05 bits per heavy atom. The van der Waals surface area contributed by atoms with Gasteiger partial charge in [-0.1, -0.05) is 19.3 Å². The SMILES string of the molecule is CCOC(=O)NC1CC(CCO)CN(C2CCCCC2)C1. The number of carbonyl (C=O) groups is 1. The van der Waals surface area contributed by atoms with E-state index in [9.17, 15) is 9.90 Å². The molecule has 2 unspecified atom stereocenters. The van der Waals surface area contributed by atoms with Crippen LogP contribution < -0.4 is 5.32 Å². The van der Waals surface area contributed by atoms with E-state index in [0.717, 1.165) is 25.9 Å². The van der Waals surface area contributed by atoms with E-state index < -0.39 is 0 Å². The Kier molecular flexibility index (Phi) is 6.77. The molecule has 1 heterocycles. The number of hydrogen-bond acceptors (Lipinski definition) is 4. The molecule has 0 aromatic rings. The summed E-state index contributed by atoms with van der Waals surface area (Å²) < 4.78 is 5.00. The van der Waals surface area contributed by atoms with Gasteiger partial charge in [0.15, 0.2) is 0 Å². The zero-order chi connectivity index (χ0) is 15.1.